The van der Waals surface area contributed by atoms with Crippen LogP contribution in [0.25, 0.3) is 0 Å². The Hall–Kier alpha value is -1.33. The molecular weight excluding hydrogens is 268 g/mol. The minimum atomic E-state index is -1.04. The van der Waals surface area contributed by atoms with Crippen LogP contribution in [0.1, 0.15) is 36.0 Å². The third-order valence-electron chi connectivity index (χ3n) is 3.46. The van der Waals surface area contributed by atoms with Gasteiger partial charge in [-0.3, -0.25) is 0 Å². The van der Waals surface area contributed by atoms with Gasteiger partial charge in [0.1, 0.15) is 11.0 Å². The largest absolute Gasteiger partial charge is 0.478 e. The summed E-state index contributed by atoms with van der Waals surface area (Å²) in [4.78, 5) is 14.9. The van der Waals surface area contributed by atoms with E-state index < -0.39 is 5.97 Å². The molecule has 1 saturated carbocycles. The maximum Gasteiger partial charge on any atom is 0.335 e. The molecule has 0 saturated heterocycles. The molecule has 0 radical (unpaired) electrons. The minimum absolute atomic E-state index is 0.103. The van der Waals surface area contributed by atoms with E-state index in [2.05, 4.69) is 10.3 Å². The van der Waals surface area contributed by atoms with Crippen LogP contribution in [-0.4, -0.2) is 33.8 Å². The molecule has 2 atom stereocenters. The van der Waals surface area contributed by atoms with Gasteiger partial charge in [0.15, 0.2) is 0 Å². The van der Waals surface area contributed by atoms with Gasteiger partial charge in [0.2, 0.25) is 0 Å². The summed E-state index contributed by atoms with van der Waals surface area (Å²) >= 11 is 5.78. The quantitative estimate of drug-likeness (QED) is 0.740. The van der Waals surface area contributed by atoms with Crippen LogP contribution < -0.4 is 5.32 Å². The third kappa shape index (κ3) is 3.81. The van der Waals surface area contributed by atoms with E-state index in [-0.39, 0.29) is 22.7 Å². The predicted octanol–water partition coefficient (Wildman–Crippen LogP) is 2.40. The van der Waals surface area contributed by atoms with Crippen molar-refractivity contribution in [3.8, 4) is 0 Å². The molecule has 0 amide bonds. The average Bonchev–Trinajstić information content (AvgIpc) is 2.37. The molecular formula is C13H17ClN2O3. The number of rotatable bonds is 4. The third-order valence-corrected chi connectivity index (χ3v) is 3.65. The van der Waals surface area contributed by atoms with Crippen molar-refractivity contribution in [3.63, 3.8) is 0 Å². The highest BCUT2D eigenvalue weighted by molar-refractivity contribution is 6.29. The summed E-state index contributed by atoms with van der Waals surface area (Å²) in [6.07, 6.45) is 3.69. The number of aromatic carboxylic acids is 1. The highest BCUT2D eigenvalue weighted by Crippen LogP contribution is 2.25. The van der Waals surface area contributed by atoms with Gasteiger partial charge < -0.3 is 15.5 Å². The highest BCUT2D eigenvalue weighted by Gasteiger charge is 2.22. The molecule has 0 aromatic carbocycles. The summed E-state index contributed by atoms with van der Waals surface area (Å²) in [7, 11) is 0. The number of hydrogen-bond donors (Lipinski definition) is 3. The summed E-state index contributed by atoms with van der Waals surface area (Å²) in [5.74, 6) is -0.421. The number of hydrogen-bond acceptors (Lipinski definition) is 4. The molecule has 0 bridgehead atoms. The molecule has 6 heteroatoms. The number of carboxylic acid groups (broad SMARTS) is 1. The van der Waals surface area contributed by atoms with Crippen molar-refractivity contribution >= 4 is 23.4 Å². The van der Waals surface area contributed by atoms with Crippen LogP contribution in [0.4, 0.5) is 5.82 Å². The van der Waals surface area contributed by atoms with E-state index in [4.69, 9.17) is 16.7 Å². The summed E-state index contributed by atoms with van der Waals surface area (Å²) in [5.41, 5.74) is 0.103. The van der Waals surface area contributed by atoms with E-state index in [1.54, 1.807) is 0 Å². The molecule has 2 rings (SSSR count). The number of nitrogens with zero attached hydrogens (tertiary/aromatic N) is 1. The number of aliphatic hydroxyl groups is 1. The average molecular weight is 285 g/mol. The maximum absolute atomic E-state index is 10.9. The molecule has 1 aromatic rings. The smallest absolute Gasteiger partial charge is 0.335 e. The maximum atomic E-state index is 10.9. The van der Waals surface area contributed by atoms with E-state index in [0.717, 1.165) is 25.7 Å². The minimum Gasteiger partial charge on any atom is -0.478 e. The Morgan fingerprint density at radius 2 is 2.16 bits per heavy atom. The zero-order valence-corrected chi connectivity index (χ0v) is 11.2. The number of aromatic nitrogens is 1. The van der Waals surface area contributed by atoms with E-state index in [0.29, 0.717) is 12.4 Å². The van der Waals surface area contributed by atoms with Gasteiger partial charge in [-0.1, -0.05) is 24.4 Å². The second kappa shape index (κ2) is 6.21. The highest BCUT2D eigenvalue weighted by atomic mass is 35.5. The molecule has 1 aliphatic carbocycles. The number of carboxylic acids is 1. The van der Waals surface area contributed by atoms with Gasteiger partial charge >= 0.3 is 5.97 Å². The van der Waals surface area contributed by atoms with E-state index in [9.17, 15) is 9.90 Å². The summed E-state index contributed by atoms with van der Waals surface area (Å²) in [6.45, 7) is 0.577. The molecule has 2 unspecified atom stereocenters. The lowest BCUT2D eigenvalue weighted by Gasteiger charge is -2.27. The Kier molecular flexibility index (Phi) is 4.61. The van der Waals surface area contributed by atoms with Crippen LogP contribution >= 0.6 is 11.6 Å². The molecule has 5 nitrogen and oxygen atoms in total. The predicted molar refractivity (Wildman–Crippen MR) is 72.7 cm³/mol. The fraction of sp³-hybridized carbons (Fsp3) is 0.538. The molecule has 0 spiro atoms. The summed E-state index contributed by atoms with van der Waals surface area (Å²) in [5, 5.41) is 22.0. The first-order chi connectivity index (χ1) is 9.06. The lowest BCUT2D eigenvalue weighted by Crippen LogP contribution is -2.30. The second-order valence-corrected chi connectivity index (χ2v) is 5.25. The molecule has 1 aromatic heterocycles. The Labute approximate surface area is 116 Å². The van der Waals surface area contributed by atoms with Crippen molar-refractivity contribution in [3.05, 3.63) is 22.8 Å². The molecule has 19 heavy (non-hydrogen) atoms. The molecule has 1 aliphatic rings. The van der Waals surface area contributed by atoms with Gasteiger partial charge in [-0.05, 0) is 25.0 Å². The Balaban J connectivity index is 2.00. The normalized spacial score (nSPS) is 23.1. The van der Waals surface area contributed by atoms with Gasteiger partial charge in [0.05, 0.1) is 11.7 Å². The molecule has 0 aliphatic heterocycles. The number of carbonyl (C=O) groups is 1. The van der Waals surface area contributed by atoms with Crippen LogP contribution in [0.2, 0.25) is 5.15 Å². The van der Waals surface area contributed by atoms with Crippen molar-refractivity contribution in [2.75, 3.05) is 11.9 Å². The molecule has 104 valence electrons. The first-order valence-electron chi connectivity index (χ1n) is 6.39. The monoisotopic (exact) mass is 284 g/mol. The van der Waals surface area contributed by atoms with Crippen LogP contribution in [0, 0.1) is 5.92 Å². The number of halogens is 1. The zero-order chi connectivity index (χ0) is 13.8. The van der Waals surface area contributed by atoms with Gasteiger partial charge in [0, 0.05) is 12.5 Å². The lowest BCUT2D eigenvalue weighted by molar-refractivity contribution is 0.0696. The lowest BCUT2D eigenvalue weighted by atomic mass is 9.86. The van der Waals surface area contributed by atoms with Gasteiger partial charge in [-0.15, -0.1) is 0 Å². The van der Waals surface area contributed by atoms with Crippen molar-refractivity contribution in [1.82, 2.24) is 4.98 Å². The van der Waals surface area contributed by atoms with Crippen molar-refractivity contribution in [2.45, 2.75) is 31.8 Å². The number of aliphatic hydroxyl groups excluding tert-OH is 1. The van der Waals surface area contributed by atoms with Crippen molar-refractivity contribution < 1.29 is 15.0 Å². The molecule has 1 fully saturated rings. The Morgan fingerprint density at radius 1 is 1.42 bits per heavy atom. The van der Waals surface area contributed by atoms with E-state index in [1.165, 1.54) is 12.1 Å². The van der Waals surface area contributed by atoms with Crippen molar-refractivity contribution in [1.29, 1.82) is 0 Å². The van der Waals surface area contributed by atoms with Crippen LogP contribution in [0.15, 0.2) is 12.1 Å². The number of anilines is 1. The first-order valence-corrected chi connectivity index (χ1v) is 6.77. The van der Waals surface area contributed by atoms with Gasteiger partial charge in [-0.2, -0.15) is 0 Å². The summed E-state index contributed by atoms with van der Waals surface area (Å²) in [6, 6.07) is 2.76. The number of nitrogens with one attached hydrogen (secondary N) is 1. The van der Waals surface area contributed by atoms with Gasteiger partial charge in [-0.25, -0.2) is 9.78 Å². The fourth-order valence-electron chi connectivity index (χ4n) is 2.37. The van der Waals surface area contributed by atoms with E-state index in [1.807, 2.05) is 0 Å². The van der Waals surface area contributed by atoms with Crippen LogP contribution in [-0.2, 0) is 0 Å². The topological polar surface area (TPSA) is 82.5 Å². The fourth-order valence-corrected chi connectivity index (χ4v) is 2.58. The van der Waals surface area contributed by atoms with Gasteiger partial charge in [0.25, 0.3) is 0 Å². The molecule has 3 N–H and O–H groups in total. The second-order valence-electron chi connectivity index (χ2n) is 4.86. The Bertz CT molecular complexity index is 467. The first kappa shape index (κ1) is 14.1. The van der Waals surface area contributed by atoms with Crippen LogP contribution in [0.5, 0.6) is 0 Å². The molecule has 1 heterocycles. The van der Waals surface area contributed by atoms with E-state index >= 15 is 0 Å². The van der Waals surface area contributed by atoms with Crippen molar-refractivity contribution in [2.24, 2.45) is 5.92 Å². The summed E-state index contributed by atoms with van der Waals surface area (Å²) < 4.78 is 0. The van der Waals surface area contributed by atoms with Crippen LogP contribution in [0.3, 0.4) is 0 Å². The standard InChI is InChI=1S/C13H17ClN2O3/c14-11-5-9(13(18)19)6-12(16-11)15-7-8-3-1-2-4-10(8)17/h5-6,8,10,17H,1-4,7H2,(H,15,16)(H,18,19). The Morgan fingerprint density at radius 3 is 2.84 bits per heavy atom. The SMILES string of the molecule is O=C(O)c1cc(Cl)nc(NCC2CCCCC2O)c1. The number of pyridine rings is 1. The zero-order valence-electron chi connectivity index (χ0n) is 10.5.